The van der Waals surface area contributed by atoms with Crippen molar-refractivity contribution in [3.63, 3.8) is 0 Å². The van der Waals surface area contributed by atoms with Crippen molar-refractivity contribution >= 4 is 105 Å². The number of furan rings is 2. The number of hydrogen-bond acceptors (Lipinski definition) is 6. The summed E-state index contributed by atoms with van der Waals surface area (Å²) in [4.78, 5) is 12.8. The number of para-hydroxylation sites is 3. The van der Waals surface area contributed by atoms with Gasteiger partial charge in [-0.15, -0.1) is 0 Å². The van der Waals surface area contributed by atoms with Crippen LogP contribution in [0.4, 0.5) is 34.1 Å². The number of aliphatic imine (C=N–C) groups is 1. The molecule has 402 valence electrons. The van der Waals surface area contributed by atoms with Gasteiger partial charge in [-0.25, -0.2) is 4.99 Å². The summed E-state index contributed by atoms with van der Waals surface area (Å²) in [6.07, 6.45) is 17.5. The third-order valence-electron chi connectivity index (χ3n) is 16.6. The van der Waals surface area contributed by atoms with Crippen LogP contribution in [0.1, 0.15) is 11.1 Å². The minimum absolute atomic E-state index is 0.654. The first kappa shape index (κ1) is 49.6. The third kappa shape index (κ3) is 8.61. The Balaban J connectivity index is 1.12. The van der Waals surface area contributed by atoms with E-state index in [0.29, 0.717) is 13.1 Å². The maximum Gasteiger partial charge on any atom is 0.159 e. The van der Waals surface area contributed by atoms with Crippen molar-refractivity contribution in [3.05, 3.63) is 315 Å². The predicted molar refractivity (Wildman–Crippen MR) is 356 cm³/mol. The van der Waals surface area contributed by atoms with Crippen molar-refractivity contribution in [2.24, 2.45) is 4.99 Å². The van der Waals surface area contributed by atoms with E-state index in [-0.39, 0.29) is 0 Å². The lowest BCUT2D eigenvalue weighted by molar-refractivity contribution is 0.670. The summed E-state index contributed by atoms with van der Waals surface area (Å²) in [6.45, 7) is 1.31. The van der Waals surface area contributed by atoms with Gasteiger partial charge < -0.3 is 23.5 Å². The van der Waals surface area contributed by atoms with Gasteiger partial charge in [0, 0.05) is 96.6 Å². The fourth-order valence-electron chi connectivity index (χ4n) is 12.9. The topological polar surface area (TPSA) is 48.4 Å². The third-order valence-corrected chi connectivity index (χ3v) is 16.6. The lowest BCUT2D eigenvalue weighted by atomic mass is 9.86. The van der Waals surface area contributed by atoms with E-state index in [4.69, 9.17) is 13.8 Å². The van der Waals surface area contributed by atoms with Gasteiger partial charge in [-0.1, -0.05) is 212 Å². The Kier molecular flexibility index (Phi) is 12.2. The van der Waals surface area contributed by atoms with Crippen molar-refractivity contribution in [1.29, 1.82) is 0 Å². The van der Waals surface area contributed by atoms with Crippen LogP contribution in [-0.4, -0.2) is 18.8 Å². The molecule has 16 rings (SSSR count). The van der Waals surface area contributed by atoms with Crippen LogP contribution in [0, 0.1) is 0 Å². The summed E-state index contributed by atoms with van der Waals surface area (Å²) in [6, 6.07) is 90.4. The van der Waals surface area contributed by atoms with Crippen molar-refractivity contribution in [3.8, 4) is 33.4 Å². The molecule has 0 saturated carbocycles. The number of fused-ring (bicyclic) bond motifs is 11. The van der Waals surface area contributed by atoms with Gasteiger partial charge in [-0.2, -0.15) is 0 Å². The van der Waals surface area contributed by atoms with E-state index in [1.807, 2.05) is 6.07 Å². The van der Waals surface area contributed by atoms with Crippen LogP contribution < -0.4 is 14.7 Å². The van der Waals surface area contributed by atoms with E-state index in [1.54, 1.807) is 0 Å². The molecule has 2 aliphatic heterocycles. The predicted octanol–water partition coefficient (Wildman–Crippen LogP) is 21.2. The molecule has 12 aromatic carbocycles. The maximum absolute atomic E-state index is 7.76. The second kappa shape index (κ2) is 21.0. The Morgan fingerprint density at radius 2 is 0.929 bits per heavy atom. The van der Waals surface area contributed by atoms with E-state index in [0.717, 1.165) is 150 Å². The lowest BCUT2D eigenvalue weighted by Crippen LogP contribution is -2.24. The molecule has 4 heterocycles. The highest BCUT2D eigenvalue weighted by atomic mass is 16.3. The Morgan fingerprint density at radius 1 is 0.376 bits per heavy atom. The molecule has 0 atom stereocenters. The van der Waals surface area contributed by atoms with Crippen LogP contribution in [0.5, 0.6) is 0 Å². The molecule has 0 spiro atoms. The Bertz CT molecular complexity index is 5040. The summed E-state index contributed by atoms with van der Waals surface area (Å²) < 4.78 is 15.5. The molecule has 0 fully saturated rings. The maximum atomic E-state index is 7.76. The Morgan fingerprint density at radius 3 is 1.58 bits per heavy atom. The van der Waals surface area contributed by atoms with Gasteiger partial charge in [0.1, 0.15) is 16.7 Å². The standard InChI is InChI=1S/C79H54N4O2/c1-9-27-53(28-10-1)57-35-25-40-61(49-57)83(60-38-19-6-20-39-60)68-42-26-41-63-72-71-66(51-64(78(72)85-77(63)68)55-31-13-3-14-32-55)75(81-45-21-7-22-46-81)76(82-47-23-8-24-48-82)67-52-65(74(56-33-15-4-16-34-56)80-59-36-17-5-18-37-59)70-62-44-43-58(54-29-11-2-12-30-54)50-69(62)84-79(70)73(67)71/h1-45,47,49-52H,46,48H2/b80-74+. The van der Waals surface area contributed by atoms with Crippen LogP contribution in [0.3, 0.4) is 0 Å². The van der Waals surface area contributed by atoms with Gasteiger partial charge in [0.25, 0.3) is 0 Å². The van der Waals surface area contributed by atoms with Crippen LogP contribution in [0.15, 0.2) is 317 Å². The average molecular weight is 1090 g/mol. The average Bonchev–Trinajstić information content (AvgIpc) is 2.75. The molecule has 6 heteroatoms. The number of anilines is 5. The molecular weight excluding hydrogens is 1040 g/mol. The monoisotopic (exact) mass is 1090 g/mol. The zero-order chi connectivity index (χ0) is 56.2. The van der Waals surface area contributed by atoms with Crippen LogP contribution in [0.25, 0.3) is 98.8 Å². The summed E-state index contributed by atoms with van der Waals surface area (Å²) in [5.74, 6) is 0. The quantitative estimate of drug-likeness (QED) is 0.0954. The zero-order valence-electron chi connectivity index (χ0n) is 46.4. The first-order valence-corrected chi connectivity index (χ1v) is 29.0. The first-order valence-electron chi connectivity index (χ1n) is 29.0. The summed E-state index contributed by atoms with van der Waals surface area (Å²) in [5, 5.41) is 8.10. The number of hydrogen-bond donors (Lipinski definition) is 0. The van der Waals surface area contributed by atoms with E-state index < -0.39 is 0 Å². The Labute approximate surface area is 492 Å². The summed E-state index contributed by atoms with van der Waals surface area (Å²) >= 11 is 0. The van der Waals surface area contributed by atoms with Crippen molar-refractivity contribution in [2.75, 3.05) is 27.8 Å². The second-order valence-corrected chi connectivity index (χ2v) is 21.7. The van der Waals surface area contributed by atoms with E-state index in [2.05, 4.69) is 312 Å². The lowest BCUT2D eigenvalue weighted by Gasteiger charge is -2.33. The molecule has 0 unspecified atom stereocenters. The summed E-state index contributed by atoms with van der Waals surface area (Å²) in [5.41, 5.74) is 18.4. The highest BCUT2D eigenvalue weighted by molar-refractivity contribution is 6.41. The largest absolute Gasteiger partial charge is 0.455 e. The van der Waals surface area contributed by atoms with E-state index in [1.165, 1.54) is 0 Å². The van der Waals surface area contributed by atoms with Gasteiger partial charge in [-0.3, -0.25) is 0 Å². The highest BCUT2D eigenvalue weighted by Gasteiger charge is 2.32. The molecule has 0 amide bonds. The molecule has 6 nitrogen and oxygen atoms in total. The molecule has 0 saturated heterocycles. The molecule has 0 radical (unpaired) electrons. The molecule has 0 aliphatic carbocycles. The van der Waals surface area contributed by atoms with Crippen LogP contribution in [-0.2, 0) is 0 Å². The second-order valence-electron chi connectivity index (χ2n) is 21.7. The van der Waals surface area contributed by atoms with Crippen molar-refractivity contribution in [2.45, 2.75) is 0 Å². The fourth-order valence-corrected chi connectivity index (χ4v) is 12.9. The highest BCUT2D eigenvalue weighted by Crippen LogP contribution is 2.56. The number of rotatable bonds is 11. The zero-order valence-corrected chi connectivity index (χ0v) is 46.4. The van der Waals surface area contributed by atoms with E-state index >= 15 is 0 Å². The smallest absolute Gasteiger partial charge is 0.159 e. The minimum atomic E-state index is 0.654. The molecule has 2 aliphatic rings. The van der Waals surface area contributed by atoms with E-state index in [9.17, 15) is 0 Å². The van der Waals surface area contributed by atoms with Crippen LogP contribution in [0.2, 0.25) is 0 Å². The normalized spacial score (nSPS) is 13.4. The molecular formula is C79H54N4O2. The first-order chi connectivity index (χ1) is 42.2. The number of benzene rings is 12. The van der Waals surface area contributed by atoms with Gasteiger partial charge in [0.2, 0.25) is 0 Å². The van der Waals surface area contributed by atoms with Gasteiger partial charge in [0.15, 0.2) is 5.58 Å². The number of allylic oxidation sites excluding steroid dienone is 4. The number of nitrogens with zero attached hydrogens (tertiary/aromatic N) is 4. The SMILES string of the molecule is C1=CCN(c2c(N3C=CC=CC3)c3cc(-c4ccccc4)c4oc5c(N(c6ccccc6)c6cccc(-c7ccccc7)c6)cccc5c4c3c3c2cc(/C(=N/c2ccccc2)c2ccccc2)c2c4ccc(-c5ccccc5)cc4oc23)C=C1. The van der Waals surface area contributed by atoms with Gasteiger partial charge in [-0.05, 0) is 107 Å². The van der Waals surface area contributed by atoms with Crippen molar-refractivity contribution in [1.82, 2.24) is 0 Å². The van der Waals surface area contributed by atoms with Crippen LogP contribution >= 0.6 is 0 Å². The van der Waals surface area contributed by atoms with Gasteiger partial charge >= 0.3 is 0 Å². The summed E-state index contributed by atoms with van der Waals surface area (Å²) in [7, 11) is 0. The molecule has 85 heavy (non-hydrogen) atoms. The molecule has 2 aromatic heterocycles. The Hall–Kier alpha value is -11.2. The molecule has 0 N–H and O–H groups in total. The van der Waals surface area contributed by atoms with Gasteiger partial charge in [0.05, 0.1) is 28.5 Å². The molecule has 0 bridgehead atoms. The fraction of sp³-hybridized carbons (Fsp3) is 0.0253. The van der Waals surface area contributed by atoms with Crippen molar-refractivity contribution < 1.29 is 8.83 Å². The minimum Gasteiger partial charge on any atom is -0.455 e. The molecule has 14 aromatic rings.